The fraction of sp³-hybridized carbons (Fsp3) is 0.250. The van der Waals surface area contributed by atoms with Crippen molar-refractivity contribution in [1.29, 1.82) is 0 Å². The lowest BCUT2D eigenvalue weighted by atomic mass is 10.0. The number of fused-ring (bicyclic) bond motifs is 1. The molecule has 5 N–H and O–H groups in total. The number of aliphatic hydroxyl groups excluding tert-OH is 1. The van der Waals surface area contributed by atoms with Gasteiger partial charge in [-0.25, -0.2) is 0 Å². The lowest BCUT2D eigenvalue weighted by molar-refractivity contribution is -0.138. The lowest BCUT2D eigenvalue weighted by Crippen LogP contribution is -2.32. The fourth-order valence-electron chi connectivity index (χ4n) is 1.82. The Kier molecular flexibility index (Phi) is 3.12. The van der Waals surface area contributed by atoms with Crippen LogP contribution in [0.1, 0.15) is 11.1 Å². The molecule has 0 radical (unpaired) electrons. The van der Waals surface area contributed by atoms with Crippen LogP contribution >= 0.6 is 0 Å². The van der Waals surface area contributed by atoms with Gasteiger partial charge in [0.15, 0.2) is 0 Å². The Morgan fingerprint density at radius 3 is 2.88 bits per heavy atom. The number of carboxylic acids is 1. The molecule has 0 bridgehead atoms. The monoisotopic (exact) mass is 234 g/mol. The number of rotatable bonds is 4. The van der Waals surface area contributed by atoms with Gasteiger partial charge in [-0.3, -0.25) is 4.79 Å². The number of hydrogen-bond donors (Lipinski definition) is 4. The number of aliphatic hydroxyl groups is 1. The third-order valence-corrected chi connectivity index (χ3v) is 2.77. The maximum Gasteiger partial charge on any atom is 0.320 e. The first-order chi connectivity index (χ1) is 8.11. The highest BCUT2D eigenvalue weighted by Crippen LogP contribution is 2.21. The Morgan fingerprint density at radius 1 is 1.47 bits per heavy atom. The highest BCUT2D eigenvalue weighted by atomic mass is 16.4. The highest BCUT2D eigenvalue weighted by Gasteiger charge is 2.14. The van der Waals surface area contributed by atoms with Gasteiger partial charge in [0, 0.05) is 23.5 Å². The zero-order valence-corrected chi connectivity index (χ0v) is 9.18. The predicted octanol–water partition coefficient (Wildman–Crippen LogP) is 0.615. The van der Waals surface area contributed by atoms with Crippen LogP contribution in [0, 0.1) is 0 Å². The minimum Gasteiger partial charge on any atom is -0.480 e. The smallest absolute Gasteiger partial charge is 0.320 e. The normalized spacial score (nSPS) is 12.8. The van der Waals surface area contributed by atoms with E-state index < -0.39 is 12.0 Å². The topological polar surface area (TPSA) is 99.3 Å². The molecular formula is C12H14N2O3. The molecule has 0 aliphatic heterocycles. The van der Waals surface area contributed by atoms with Crippen LogP contribution in [0.25, 0.3) is 10.9 Å². The molecule has 0 unspecified atom stereocenters. The van der Waals surface area contributed by atoms with E-state index in [4.69, 9.17) is 15.9 Å². The molecule has 0 aliphatic rings. The van der Waals surface area contributed by atoms with Crippen LogP contribution in [0.5, 0.6) is 0 Å². The van der Waals surface area contributed by atoms with Crippen molar-refractivity contribution in [2.45, 2.75) is 19.1 Å². The minimum atomic E-state index is -1.02. The zero-order chi connectivity index (χ0) is 12.4. The predicted molar refractivity (Wildman–Crippen MR) is 63.5 cm³/mol. The van der Waals surface area contributed by atoms with Crippen molar-refractivity contribution in [2.24, 2.45) is 5.73 Å². The Labute approximate surface area is 97.9 Å². The van der Waals surface area contributed by atoms with E-state index in [0.29, 0.717) is 0 Å². The van der Waals surface area contributed by atoms with Crippen LogP contribution in [0.15, 0.2) is 24.4 Å². The summed E-state index contributed by atoms with van der Waals surface area (Å²) < 4.78 is 0. The third kappa shape index (κ3) is 2.30. The van der Waals surface area contributed by atoms with E-state index in [1.54, 1.807) is 6.20 Å². The number of hydrogen-bond acceptors (Lipinski definition) is 3. The Hall–Kier alpha value is -1.85. The summed E-state index contributed by atoms with van der Waals surface area (Å²) in [7, 11) is 0. The van der Waals surface area contributed by atoms with Crippen LogP contribution in [-0.2, 0) is 17.8 Å². The third-order valence-electron chi connectivity index (χ3n) is 2.77. The summed E-state index contributed by atoms with van der Waals surface area (Å²) in [6, 6.07) is 4.61. The number of nitrogens with one attached hydrogen (secondary N) is 1. The summed E-state index contributed by atoms with van der Waals surface area (Å²) in [5.74, 6) is -1.02. The molecule has 90 valence electrons. The molecule has 0 amide bonds. The quantitative estimate of drug-likeness (QED) is 0.623. The van der Waals surface area contributed by atoms with Crippen molar-refractivity contribution in [3.05, 3.63) is 35.5 Å². The average molecular weight is 234 g/mol. The molecule has 0 fully saturated rings. The van der Waals surface area contributed by atoms with Gasteiger partial charge in [-0.2, -0.15) is 0 Å². The van der Waals surface area contributed by atoms with Crippen molar-refractivity contribution in [1.82, 2.24) is 4.98 Å². The summed E-state index contributed by atoms with van der Waals surface area (Å²) in [6.07, 6.45) is 2.03. The van der Waals surface area contributed by atoms with Gasteiger partial charge in [0.2, 0.25) is 0 Å². The largest absolute Gasteiger partial charge is 0.480 e. The van der Waals surface area contributed by atoms with Crippen LogP contribution in [0.2, 0.25) is 0 Å². The van der Waals surface area contributed by atoms with E-state index in [0.717, 1.165) is 22.0 Å². The maximum absolute atomic E-state index is 10.7. The molecule has 5 nitrogen and oxygen atoms in total. The van der Waals surface area contributed by atoms with Crippen molar-refractivity contribution in [3.8, 4) is 0 Å². The summed E-state index contributed by atoms with van der Waals surface area (Å²) in [6.45, 7) is -0.0362. The van der Waals surface area contributed by atoms with Crippen LogP contribution in [0.3, 0.4) is 0 Å². The van der Waals surface area contributed by atoms with Crippen molar-refractivity contribution < 1.29 is 15.0 Å². The first kappa shape index (κ1) is 11.6. The van der Waals surface area contributed by atoms with E-state index >= 15 is 0 Å². The van der Waals surface area contributed by atoms with Gasteiger partial charge in [0.05, 0.1) is 6.61 Å². The first-order valence-electron chi connectivity index (χ1n) is 5.30. The molecule has 1 heterocycles. The zero-order valence-electron chi connectivity index (χ0n) is 9.18. The number of nitrogens with two attached hydrogens (primary N) is 1. The molecule has 0 saturated heterocycles. The summed E-state index contributed by atoms with van der Waals surface area (Å²) in [5, 5.41) is 18.8. The Bertz CT molecular complexity index is 548. The number of benzene rings is 1. The second kappa shape index (κ2) is 4.57. The molecule has 2 rings (SSSR count). The van der Waals surface area contributed by atoms with Crippen molar-refractivity contribution in [2.75, 3.05) is 0 Å². The minimum absolute atomic E-state index is 0.0362. The van der Waals surface area contributed by atoms with Crippen molar-refractivity contribution >= 4 is 16.9 Å². The van der Waals surface area contributed by atoms with Gasteiger partial charge >= 0.3 is 5.97 Å². The van der Waals surface area contributed by atoms with Gasteiger partial charge in [-0.15, -0.1) is 0 Å². The lowest BCUT2D eigenvalue weighted by Gasteiger charge is -2.05. The van der Waals surface area contributed by atoms with Gasteiger partial charge in [0.25, 0.3) is 0 Å². The van der Waals surface area contributed by atoms with Gasteiger partial charge < -0.3 is 20.9 Å². The number of aromatic amines is 1. The number of carbonyl (C=O) groups is 1. The Morgan fingerprint density at radius 2 is 2.24 bits per heavy atom. The van der Waals surface area contributed by atoms with Gasteiger partial charge in [-0.05, 0) is 23.3 Å². The second-order valence-corrected chi connectivity index (χ2v) is 4.00. The molecule has 17 heavy (non-hydrogen) atoms. The summed E-state index contributed by atoms with van der Waals surface area (Å²) in [5.41, 5.74) is 8.06. The molecule has 0 aliphatic carbocycles. The molecule has 0 spiro atoms. The van der Waals surface area contributed by atoms with E-state index in [1.165, 1.54) is 0 Å². The molecular weight excluding hydrogens is 220 g/mol. The van der Waals surface area contributed by atoms with Crippen molar-refractivity contribution in [3.63, 3.8) is 0 Å². The molecule has 0 saturated carbocycles. The number of H-pyrrole nitrogens is 1. The number of aliphatic carboxylic acids is 1. The average Bonchev–Trinajstić information content (AvgIpc) is 2.71. The first-order valence-corrected chi connectivity index (χ1v) is 5.30. The standard InChI is InChI=1S/C12H14N2O3/c13-10(12(16)17)4-8-5-14-11-2-1-7(6-15)3-9(8)11/h1-3,5,10,14-15H,4,6,13H2,(H,16,17)/t10-/m0/s1. The summed E-state index contributed by atoms with van der Waals surface area (Å²) >= 11 is 0. The molecule has 1 atom stereocenters. The Balaban J connectivity index is 2.37. The molecule has 1 aromatic heterocycles. The van der Waals surface area contributed by atoms with Crippen LogP contribution in [-0.4, -0.2) is 27.2 Å². The van der Waals surface area contributed by atoms with E-state index in [2.05, 4.69) is 4.98 Å². The van der Waals surface area contributed by atoms with Gasteiger partial charge in [-0.1, -0.05) is 6.07 Å². The highest BCUT2D eigenvalue weighted by molar-refractivity contribution is 5.85. The van der Waals surface area contributed by atoms with E-state index in [9.17, 15) is 4.79 Å². The van der Waals surface area contributed by atoms with E-state index in [-0.39, 0.29) is 13.0 Å². The maximum atomic E-state index is 10.7. The van der Waals surface area contributed by atoms with Crippen LogP contribution in [0.4, 0.5) is 0 Å². The SMILES string of the molecule is N[C@@H](Cc1c[nH]c2ccc(CO)cc12)C(=O)O. The number of aromatic nitrogens is 1. The molecule has 5 heteroatoms. The molecule has 1 aromatic carbocycles. The van der Waals surface area contributed by atoms with E-state index in [1.807, 2.05) is 18.2 Å². The number of carboxylic acid groups (broad SMARTS) is 1. The van der Waals surface area contributed by atoms with Gasteiger partial charge in [0.1, 0.15) is 6.04 Å². The van der Waals surface area contributed by atoms with Crippen LogP contribution < -0.4 is 5.73 Å². The summed E-state index contributed by atoms with van der Waals surface area (Å²) in [4.78, 5) is 13.8. The molecule has 2 aromatic rings. The fourth-order valence-corrected chi connectivity index (χ4v) is 1.82. The second-order valence-electron chi connectivity index (χ2n) is 4.00.